The Kier molecular flexibility index (Phi) is 5.56. The van der Waals surface area contributed by atoms with Gasteiger partial charge in [-0.05, 0) is 31.0 Å². The molecule has 1 aliphatic carbocycles. The van der Waals surface area contributed by atoms with Crippen LogP contribution < -0.4 is 0 Å². The molecule has 1 saturated carbocycles. The van der Waals surface area contributed by atoms with Gasteiger partial charge >= 0.3 is 6.18 Å². The van der Waals surface area contributed by atoms with Crippen LogP contribution in [0, 0.1) is 0 Å². The van der Waals surface area contributed by atoms with Gasteiger partial charge in [-0.15, -0.1) is 0 Å². The minimum Gasteiger partial charge on any atom is -0.393 e. The summed E-state index contributed by atoms with van der Waals surface area (Å²) in [5.74, 6) is -1.25. The van der Waals surface area contributed by atoms with Crippen molar-refractivity contribution in [2.75, 3.05) is 13.1 Å². The highest BCUT2D eigenvalue weighted by atomic mass is 19.4. The van der Waals surface area contributed by atoms with Gasteiger partial charge in [-0.2, -0.15) is 23.3 Å². The van der Waals surface area contributed by atoms with Crippen LogP contribution in [0.15, 0.2) is 53.5 Å². The Morgan fingerprint density at radius 2 is 1.84 bits per heavy atom. The fourth-order valence-corrected chi connectivity index (χ4v) is 4.77. The van der Waals surface area contributed by atoms with Crippen molar-refractivity contribution >= 4 is 16.9 Å². The van der Waals surface area contributed by atoms with Crippen molar-refractivity contribution in [3.8, 4) is 22.7 Å². The van der Waals surface area contributed by atoms with Gasteiger partial charge < -0.3 is 14.5 Å². The molecule has 9 nitrogen and oxygen atoms in total. The number of pyridine rings is 1. The summed E-state index contributed by atoms with van der Waals surface area (Å²) in [6.45, 7) is 3.34. The van der Waals surface area contributed by atoms with Gasteiger partial charge in [0.25, 0.3) is 11.8 Å². The van der Waals surface area contributed by atoms with Crippen LogP contribution in [0.5, 0.6) is 0 Å². The van der Waals surface area contributed by atoms with Gasteiger partial charge in [0.15, 0.2) is 11.7 Å². The number of rotatable bonds is 5. The second kappa shape index (κ2) is 8.72. The molecule has 38 heavy (non-hydrogen) atoms. The number of nitrogens with zero attached hydrogens (tertiary/aromatic N) is 6. The number of aliphatic hydroxyl groups excluding tert-OH is 1. The number of likely N-dealkylation sites (tertiary alicyclic amines) is 1. The maximum Gasteiger partial charge on any atom is 0.416 e. The smallest absolute Gasteiger partial charge is 0.393 e. The van der Waals surface area contributed by atoms with Gasteiger partial charge in [0.2, 0.25) is 0 Å². The number of carbonyl (C=O) groups excluding carboxylic acids is 1. The predicted molar refractivity (Wildman–Crippen MR) is 125 cm³/mol. The Hall–Kier alpha value is -4.13. The predicted octanol–water partition coefficient (Wildman–Crippen LogP) is 4.27. The van der Waals surface area contributed by atoms with E-state index in [1.165, 1.54) is 23.2 Å². The van der Waals surface area contributed by atoms with Crippen molar-refractivity contribution in [2.24, 2.45) is 0 Å². The third-order valence-corrected chi connectivity index (χ3v) is 6.95. The number of benzene rings is 1. The highest BCUT2D eigenvalue weighted by molar-refractivity contribution is 5.98. The van der Waals surface area contributed by atoms with E-state index >= 15 is 0 Å². The zero-order chi connectivity index (χ0) is 26.8. The van der Waals surface area contributed by atoms with Crippen LogP contribution in [0.2, 0.25) is 0 Å². The lowest BCUT2D eigenvalue weighted by atomic mass is 9.82. The summed E-state index contributed by atoms with van der Waals surface area (Å²) in [7, 11) is 0. The molecule has 0 atom stereocenters. The Balaban J connectivity index is 1.44. The summed E-state index contributed by atoms with van der Waals surface area (Å²) in [5, 5.41) is 18.3. The Bertz CT molecular complexity index is 1550. The average molecular weight is 528 g/mol. The van der Waals surface area contributed by atoms with Crippen LogP contribution in [0.3, 0.4) is 0 Å². The Morgan fingerprint density at radius 1 is 1.13 bits per heavy atom. The van der Waals surface area contributed by atoms with E-state index in [1.54, 1.807) is 10.7 Å². The van der Waals surface area contributed by atoms with Crippen molar-refractivity contribution < 1.29 is 32.0 Å². The molecule has 2 aliphatic rings. The molecule has 0 radical (unpaired) electrons. The van der Waals surface area contributed by atoms with Crippen LogP contribution in [0.4, 0.5) is 17.6 Å². The fraction of sp³-hybridized carbons (Fsp3) is 0.320. The molecule has 4 aromatic rings. The fourth-order valence-electron chi connectivity index (χ4n) is 4.77. The quantitative estimate of drug-likeness (QED) is 0.304. The first kappa shape index (κ1) is 24.2. The summed E-state index contributed by atoms with van der Waals surface area (Å²) in [5.41, 5.74) is 1.32. The summed E-state index contributed by atoms with van der Waals surface area (Å²) >= 11 is 0. The van der Waals surface area contributed by atoms with Gasteiger partial charge in [-0.3, -0.25) is 14.5 Å². The first-order valence-corrected chi connectivity index (χ1v) is 11.8. The number of alkyl halides is 3. The lowest BCUT2D eigenvalue weighted by Crippen LogP contribution is -2.51. The number of aliphatic hydroxyl groups is 1. The molecule has 1 saturated heterocycles. The van der Waals surface area contributed by atoms with Crippen LogP contribution >= 0.6 is 0 Å². The van der Waals surface area contributed by atoms with E-state index in [1.807, 2.05) is 0 Å². The minimum absolute atomic E-state index is 0.0209. The second-order valence-corrected chi connectivity index (χ2v) is 9.47. The van der Waals surface area contributed by atoms with Crippen LogP contribution in [0.25, 0.3) is 33.7 Å². The van der Waals surface area contributed by atoms with Crippen molar-refractivity contribution in [2.45, 2.75) is 37.1 Å². The molecule has 1 aliphatic heterocycles. The first-order valence-electron chi connectivity index (χ1n) is 11.8. The van der Waals surface area contributed by atoms with Crippen LogP contribution in [0.1, 0.15) is 36.2 Å². The SMILES string of the molecule is C=C(F)C(=O)N1CC(n2nc(-c3ccc(C(F)(F)F)cc3)c3nccc(-c4nc(C5CC(O)C5)no4)c32)C1. The summed E-state index contributed by atoms with van der Waals surface area (Å²) in [4.78, 5) is 22.2. The maximum atomic E-state index is 13.4. The maximum absolute atomic E-state index is 13.4. The lowest BCUT2D eigenvalue weighted by molar-refractivity contribution is -0.137. The van der Waals surface area contributed by atoms with Crippen molar-refractivity contribution in [1.82, 2.24) is 29.8 Å². The number of hydrogen-bond donors (Lipinski definition) is 1. The number of hydrogen-bond acceptors (Lipinski definition) is 7. The number of carbonyl (C=O) groups is 1. The van der Waals surface area contributed by atoms with Crippen LogP contribution in [-0.2, 0) is 11.0 Å². The molecule has 4 heterocycles. The lowest BCUT2D eigenvalue weighted by Gasteiger charge is -2.39. The Labute approximate surface area is 212 Å². The molecule has 0 spiro atoms. The molecule has 1 N–H and O–H groups in total. The largest absolute Gasteiger partial charge is 0.416 e. The van der Waals surface area contributed by atoms with E-state index in [0.29, 0.717) is 46.5 Å². The van der Waals surface area contributed by atoms with Gasteiger partial charge in [-0.1, -0.05) is 23.9 Å². The van der Waals surface area contributed by atoms with E-state index in [4.69, 9.17) is 4.52 Å². The minimum atomic E-state index is -4.49. The standard InChI is InChI=1S/C25H20F4N6O3/c1-12(26)24(37)34-10-16(11-34)35-21-18(23-31-22(33-38-23)14-8-17(36)9-14)6-7-30-20(21)19(32-35)13-2-4-15(5-3-13)25(27,28)29/h2-7,14,16-17,36H,1,8-11H2. The summed E-state index contributed by atoms with van der Waals surface area (Å²) in [6, 6.07) is 5.88. The van der Waals surface area contributed by atoms with E-state index < -0.39 is 29.6 Å². The van der Waals surface area contributed by atoms with Crippen molar-refractivity contribution in [3.63, 3.8) is 0 Å². The molecule has 196 valence electrons. The second-order valence-electron chi connectivity index (χ2n) is 9.47. The zero-order valence-electron chi connectivity index (χ0n) is 19.7. The average Bonchev–Trinajstić information content (AvgIpc) is 3.46. The monoisotopic (exact) mass is 528 g/mol. The zero-order valence-corrected chi connectivity index (χ0v) is 19.7. The Morgan fingerprint density at radius 3 is 2.47 bits per heavy atom. The van der Waals surface area contributed by atoms with Gasteiger partial charge in [-0.25, -0.2) is 4.39 Å². The molecule has 2 fully saturated rings. The van der Waals surface area contributed by atoms with Gasteiger partial charge in [0, 0.05) is 30.8 Å². The highest BCUT2D eigenvalue weighted by Gasteiger charge is 2.37. The first-order chi connectivity index (χ1) is 18.1. The molecule has 0 bridgehead atoms. The third-order valence-electron chi connectivity index (χ3n) is 6.95. The topological polar surface area (TPSA) is 110 Å². The molecular weight excluding hydrogens is 508 g/mol. The molecule has 1 aromatic carbocycles. The third kappa shape index (κ3) is 4.02. The van der Waals surface area contributed by atoms with Gasteiger partial charge in [0.05, 0.1) is 23.3 Å². The normalized spacial score (nSPS) is 19.9. The van der Waals surface area contributed by atoms with Crippen molar-refractivity contribution in [3.05, 3.63) is 60.3 Å². The molecule has 3 aromatic heterocycles. The van der Waals surface area contributed by atoms with E-state index in [9.17, 15) is 27.5 Å². The van der Waals surface area contributed by atoms with Crippen molar-refractivity contribution in [1.29, 1.82) is 0 Å². The number of fused-ring (bicyclic) bond motifs is 1. The summed E-state index contributed by atoms with van der Waals surface area (Å²) in [6.07, 6.45) is -2.30. The molecule has 0 unspecified atom stereocenters. The number of aromatic nitrogens is 5. The molecule has 1 amide bonds. The van der Waals surface area contributed by atoms with E-state index in [2.05, 4.69) is 26.8 Å². The van der Waals surface area contributed by atoms with Crippen LogP contribution in [-0.4, -0.2) is 60.0 Å². The molecule has 6 rings (SSSR count). The highest BCUT2D eigenvalue weighted by Crippen LogP contribution is 2.39. The van der Waals surface area contributed by atoms with Gasteiger partial charge in [0.1, 0.15) is 16.7 Å². The number of amides is 1. The molecular formula is C25H20F4N6O3. The molecule has 13 heteroatoms. The number of halogens is 4. The summed E-state index contributed by atoms with van der Waals surface area (Å²) < 4.78 is 59.9. The van der Waals surface area contributed by atoms with E-state index in [0.717, 1.165) is 12.1 Å². The van der Waals surface area contributed by atoms with E-state index in [-0.39, 0.29) is 30.9 Å².